The van der Waals surface area contributed by atoms with Crippen LogP contribution in [0.5, 0.6) is 0 Å². The Balaban J connectivity index is 2.03. The van der Waals surface area contributed by atoms with Gasteiger partial charge in [0.05, 0.1) is 6.10 Å². The molecule has 5 heteroatoms. The average molecular weight is 345 g/mol. The zero-order valence-corrected chi connectivity index (χ0v) is 12.2. The van der Waals surface area contributed by atoms with Crippen LogP contribution in [0.15, 0.2) is 51.8 Å². The van der Waals surface area contributed by atoms with E-state index in [2.05, 4.69) is 15.9 Å². The van der Waals surface area contributed by atoms with Crippen LogP contribution in [0.4, 0.5) is 8.78 Å². The minimum Gasteiger partial charge on any atom is -0.387 e. The second-order valence-electron chi connectivity index (χ2n) is 3.95. The molecule has 1 unspecified atom stereocenters. The maximum Gasteiger partial charge on any atom is 0.131 e. The molecule has 0 heterocycles. The van der Waals surface area contributed by atoms with Gasteiger partial charge in [0.2, 0.25) is 0 Å². The van der Waals surface area contributed by atoms with Crippen molar-refractivity contribution in [1.29, 1.82) is 0 Å². The van der Waals surface area contributed by atoms with Gasteiger partial charge in [-0.2, -0.15) is 0 Å². The highest BCUT2D eigenvalue weighted by Crippen LogP contribution is 2.27. The van der Waals surface area contributed by atoms with Gasteiger partial charge >= 0.3 is 0 Å². The van der Waals surface area contributed by atoms with Gasteiger partial charge in [-0.05, 0) is 24.3 Å². The van der Waals surface area contributed by atoms with Crippen LogP contribution in [0, 0.1) is 11.6 Å². The highest BCUT2D eigenvalue weighted by Gasteiger charge is 2.13. The molecule has 1 atom stereocenters. The molecule has 0 spiro atoms. The van der Waals surface area contributed by atoms with Crippen molar-refractivity contribution >= 4 is 27.7 Å². The second-order valence-corrected chi connectivity index (χ2v) is 5.96. The molecule has 0 amide bonds. The van der Waals surface area contributed by atoms with Gasteiger partial charge < -0.3 is 5.11 Å². The minimum absolute atomic E-state index is 0.115. The molecular formula is C14H11BrF2OS. The van der Waals surface area contributed by atoms with Gasteiger partial charge in [-0.15, -0.1) is 11.8 Å². The third-order valence-corrected chi connectivity index (χ3v) is 4.09. The molecular weight excluding hydrogens is 334 g/mol. The van der Waals surface area contributed by atoms with Crippen LogP contribution >= 0.6 is 27.7 Å². The fourth-order valence-electron chi connectivity index (χ4n) is 1.59. The lowest BCUT2D eigenvalue weighted by Gasteiger charge is -2.11. The summed E-state index contributed by atoms with van der Waals surface area (Å²) in [6.07, 6.45) is -0.968. The molecule has 100 valence electrons. The second kappa shape index (κ2) is 6.50. The number of thioether (sulfide) groups is 1. The van der Waals surface area contributed by atoms with Gasteiger partial charge in [0.15, 0.2) is 0 Å². The quantitative estimate of drug-likeness (QED) is 0.821. The van der Waals surface area contributed by atoms with Crippen LogP contribution in [-0.2, 0) is 0 Å². The third-order valence-electron chi connectivity index (χ3n) is 2.53. The first-order valence-corrected chi connectivity index (χ1v) is 7.35. The first-order chi connectivity index (χ1) is 9.06. The summed E-state index contributed by atoms with van der Waals surface area (Å²) >= 11 is 4.77. The molecule has 0 aliphatic carbocycles. The van der Waals surface area contributed by atoms with Gasteiger partial charge in [-0.25, -0.2) is 8.78 Å². The number of aliphatic hydroxyl groups is 1. The summed E-state index contributed by atoms with van der Waals surface area (Å²) in [4.78, 5) is 0.968. The molecule has 1 N–H and O–H groups in total. The number of hydrogen-bond donors (Lipinski definition) is 1. The minimum atomic E-state index is -0.968. The van der Waals surface area contributed by atoms with Crippen molar-refractivity contribution in [1.82, 2.24) is 0 Å². The van der Waals surface area contributed by atoms with Crippen molar-refractivity contribution in [3.05, 3.63) is 64.1 Å². The van der Waals surface area contributed by atoms with Gasteiger partial charge in [0.25, 0.3) is 0 Å². The average Bonchev–Trinajstić information content (AvgIpc) is 2.36. The summed E-state index contributed by atoms with van der Waals surface area (Å²) in [6, 6.07) is 10.8. The highest BCUT2D eigenvalue weighted by atomic mass is 79.9. The monoisotopic (exact) mass is 344 g/mol. The molecule has 2 rings (SSSR count). The Labute approximate surface area is 122 Å². The molecule has 0 saturated carbocycles. The molecule has 0 aliphatic heterocycles. The third kappa shape index (κ3) is 4.03. The number of hydrogen-bond acceptors (Lipinski definition) is 2. The van der Waals surface area contributed by atoms with Gasteiger partial charge in [0, 0.05) is 26.8 Å². The summed E-state index contributed by atoms with van der Waals surface area (Å²) < 4.78 is 27.2. The zero-order chi connectivity index (χ0) is 13.8. The summed E-state index contributed by atoms with van der Waals surface area (Å²) in [5, 5.41) is 9.93. The normalized spacial score (nSPS) is 12.4. The Morgan fingerprint density at radius 1 is 1.16 bits per heavy atom. The molecule has 2 aromatic rings. The molecule has 0 radical (unpaired) electrons. The van der Waals surface area contributed by atoms with E-state index in [0.717, 1.165) is 21.5 Å². The largest absolute Gasteiger partial charge is 0.387 e. The molecule has 0 bridgehead atoms. The van der Waals surface area contributed by atoms with Gasteiger partial charge in [-0.1, -0.05) is 28.1 Å². The van der Waals surface area contributed by atoms with Crippen molar-refractivity contribution in [3.63, 3.8) is 0 Å². The van der Waals surface area contributed by atoms with E-state index in [4.69, 9.17) is 0 Å². The SMILES string of the molecule is OC(CSc1cccc(Br)c1)c1ccc(F)cc1F. The number of halogens is 3. The maximum absolute atomic E-state index is 13.5. The predicted molar refractivity (Wildman–Crippen MR) is 76.2 cm³/mol. The van der Waals surface area contributed by atoms with E-state index in [-0.39, 0.29) is 5.56 Å². The molecule has 0 fully saturated rings. The van der Waals surface area contributed by atoms with Crippen molar-refractivity contribution in [2.45, 2.75) is 11.0 Å². The predicted octanol–water partition coefficient (Wildman–Crippen LogP) is 4.55. The maximum atomic E-state index is 13.5. The lowest BCUT2D eigenvalue weighted by molar-refractivity contribution is 0.198. The summed E-state index contributed by atoms with van der Waals surface area (Å²) in [7, 11) is 0. The van der Waals surface area contributed by atoms with Crippen LogP contribution in [0.2, 0.25) is 0 Å². The van der Waals surface area contributed by atoms with Crippen molar-refractivity contribution in [3.8, 4) is 0 Å². The first-order valence-electron chi connectivity index (χ1n) is 5.57. The summed E-state index contributed by atoms with van der Waals surface area (Å²) in [5.74, 6) is -1.06. The molecule has 0 saturated heterocycles. The Hall–Kier alpha value is -0.910. The number of aliphatic hydroxyl groups excluding tert-OH is 1. The van der Waals surface area contributed by atoms with Gasteiger partial charge in [0.1, 0.15) is 11.6 Å². The lowest BCUT2D eigenvalue weighted by atomic mass is 10.1. The highest BCUT2D eigenvalue weighted by molar-refractivity contribution is 9.10. The molecule has 1 nitrogen and oxygen atoms in total. The van der Waals surface area contributed by atoms with Gasteiger partial charge in [-0.3, -0.25) is 0 Å². The summed E-state index contributed by atoms with van der Waals surface area (Å²) in [5.41, 5.74) is 0.115. The van der Waals surface area contributed by atoms with E-state index in [9.17, 15) is 13.9 Å². The Bertz CT molecular complexity index is 577. The fraction of sp³-hybridized carbons (Fsp3) is 0.143. The Kier molecular flexibility index (Phi) is 4.96. The van der Waals surface area contributed by atoms with Crippen LogP contribution in [-0.4, -0.2) is 10.9 Å². The van der Waals surface area contributed by atoms with E-state index in [1.807, 2.05) is 24.3 Å². The van der Waals surface area contributed by atoms with E-state index in [1.165, 1.54) is 17.8 Å². The zero-order valence-electron chi connectivity index (χ0n) is 9.82. The van der Waals surface area contributed by atoms with Crippen molar-refractivity contribution in [2.75, 3.05) is 5.75 Å². The lowest BCUT2D eigenvalue weighted by Crippen LogP contribution is -2.03. The van der Waals surface area contributed by atoms with Crippen LogP contribution in [0.1, 0.15) is 11.7 Å². The van der Waals surface area contributed by atoms with Crippen LogP contribution in [0.25, 0.3) is 0 Å². The molecule has 0 aliphatic rings. The topological polar surface area (TPSA) is 20.2 Å². The van der Waals surface area contributed by atoms with E-state index in [1.54, 1.807) is 0 Å². The number of benzene rings is 2. The van der Waals surface area contributed by atoms with Crippen molar-refractivity contribution in [2.24, 2.45) is 0 Å². The summed E-state index contributed by atoms with van der Waals surface area (Å²) in [6.45, 7) is 0. The Morgan fingerprint density at radius 2 is 1.95 bits per heavy atom. The fourth-order valence-corrected chi connectivity index (χ4v) is 3.06. The molecule has 0 aromatic heterocycles. The van der Waals surface area contributed by atoms with Crippen LogP contribution < -0.4 is 0 Å². The molecule has 2 aromatic carbocycles. The smallest absolute Gasteiger partial charge is 0.131 e. The number of rotatable bonds is 4. The van der Waals surface area contributed by atoms with E-state index < -0.39 is 17.7 Å². The first kappa shape index (κ1) is 14.5. The standard InChI is InChI=1S/C14H11BrF2OS/c15-9-2-1-3-11(6-9)19-8-14(18)12-5-4-10(16)7-13(12)17/h1-7,14,18H,8H2. The Morgan fingerprint density at radius 3 is 2.63 bits per heavy atom. The van der Waals surface area contributed by atoms with E-state index >= 15 is 0 Å². The molecule has 19 heavy (non-hydrogen) atoms. The van der Waals surface area contributed by atoms with E-state index in [0.29, 0.717) is 5.75 Å². The van der Waals surface area contributed by atoms with Crippen molar-refractivity contribution < 1.29 is 13.9 Å². The van der Waals surface area contributed by atoms with Crippen LogP contribution in [0.3, 0.4) is 0 Å².